The minimum absolute atomic E-state index is 0.115. The van der Waals surface area contributed by atoms with Crippen LogP contribution in [-0.2, 0) is 14.6 Å². The van der Waals surface area contributed by atoms with E-state index < -0.39 is 15.7 Å². The molecule has 0 bridgehead atoms. The summed E-state index contributed by atoms with van der Waals surface area (Å²) in [4.78, 5) is 12.3. The van der Waals surface area contributed by atoms with Crippen LogP contribution in [0, 0.1) is 6.92 Å². The number of hydrogen-bond acceptors (Lipinski definition) is 7. The fraction of sp³-hybridized carbons (Fsp3) is 0.150. The number of fused-ring (bicyclic) bond motifs is 1. The van der Waals surface area contributed by atoms with Crippen molar-refractivity contribution in [2.75, 3.05) is 11.1 Å². The van der Waals surface area contributed by atoms with Gasteiger partial charge >= 0.3 is 6.01 Å². The molecule has 0 fully saturated rings. The molecule has 2 heterocycles. The Bertz CT molecular complexity index is 1240. The molecule has 0 aliphatic heterocycles. The van der Waals surface area contributed by atoms with E-state index in [1.165, 1.54) is 12.1 Å². The quantitative estimate of drug-likeness (QED) is 0.515. The lowest BCUT2D eigenvalue weighted by molar-refractivity contribution is -0.115. The molecule has 1 amide bonds. The predicted octanol–water partition coefficient (Wildman–Crippen LogP) is 3.59. The maximum Gasteiger partial charge on any atom is 0.322 e. The molecule has 0 radical (unpaired) electrons. The highest BCUT2D eigenvalue weighted by Crippen LogP contribution is 2.27. The lowest BCUT2D eigenvalue weighted by Gasteiger charge is -2.04. The smallest absolute Gasteiger partial charge is 0.322 e. The molecule has 0 aliphatic carbocycles. The Kier molecular flexibility index (Phi) is 4.89. The van der Waals surface area contributed by atoms with Gasteiger partial charge in [0.1, 0.15) is 5.58 Å². The number of sulfone groups is 1. The standard InChI is InChI=1S/C20H17N3O5S/c1-13-6-8-15(9-7-13)29(25,26)11-10-18(24)21-20-23-22-19(28-20)17-12-14-4-2-3-5-16(14)27-17/h2-9,12H,10-11H2,1H3,(H,21,23,24). The Morgan fingerprint density at radius 2 is 1.79 bits per heavy atom. The van der Waals surface area contributed by atoms with E-state index in [9.17, 15) is 13.2 Å². The lowest BCUT2D eigenvalue weighted by atomic mass is 10.2. The molecule has 0 saturated carbocycles. The maximum atomic E-state index is 12.3. The number of amides is 1. The van der Waals surface area contributed by atoms with Gasteiger partial charge in [0.25, 0.3) is 5.89 Å². The van der Waals surface area contributed by atoms with Gasteiger partial charge in [-0.15, -0.1) is 5.10 Å². The normalized spacial score (nSPS) is 11.6. The van der Waals surface area contributed by atoms with Crippen molar-refractivity contribution in [2.24, 2.45) is 0 Å². The largest absolute Gasteiger partial charge is 0.451 e. The number of benzene rings is 2. The number of para-hydroxylation sites is 1. The van der Waals surface area contributed by atoms with Crippen LogP contribution < -0.4 is 5.32 Å². The van der Waals surface area contributed by atoms with Crippen LogP contribution in [0.3, 0.4) is 0 Å². The summed E-state index contributed by atoms with van der Waals surface area (Å²) in [5, 5.41) is 10.9. The first-order chi connectivity index (χ1) is 13.9. The third kappa shape index (κ3) is 4.19. The fourth-order valence-corrected chi connectivity index (χ4v) is 3.97. The summed E-state index contributed by atoms with van der Waals surface area (Å²) in [7, 11) is -3.56. The van der Waals surface area contributed by atoms with Gasteiger partial charge in [-0.05, 0) is 31.2 Å². The SMILES string of the molecule is Cc1ccc(S(=O)(=O)CCC(=O)Nc2nnc(-c3cc4ccccc4o3)o2)cc1. The molecule has 2 aromatic carbocycles. The van der Waals surface area contributed by atoms with E-state index in [1.807, 2.05) is 31.2 Å². The summed E-state index contributed by atoms with van der Waals surface area (Å²) in [6.45, 7) is 1.87. The minimum atomic E-state index is -3.56. The average Bonchev–Trinajstić information content (AvgIpc) is 3.33. The number of nitrogens with zero attached hydrogens (tertiary/aromatic N) is 2. The van der Waals surface area contributed by atoms with Crippen molar-refractivity contribution in [3.63, 3.8) is 0 Å². The highest BCUT2D eigenvalue weighted by atomic mass is 32.2. The fourth-order valence-electron chi connectivity index (χ4n) is 2.73. The summed E-state index contributed by atoms with van der Waals surface area (Å²) in [5.74, 6) is -0.377. The van der Waals surface area contributed by atoms with Gasteiger partial charge in [-0.2, -0.15) is 0 Å². The van der Waals surface area contributed by atoms with Gasteiger partial charge < -0.3 is 8.83 Å². The first-order valence-corrected chi connectivity index (χ1v) is 10.5. The van der Waals surface area contributed by atoms with Crippen LogP contribution in [0.4, 0.5) is 6.01 Å². The second-order valence-corrected chi connectivity index (χ2v) is 8.60. The van der Waals surface area contributed by atoms with E-state index in [0.29, 0.717) is 11.3 Å². The Hall–Kier alpha value is -3.46. The van der Waals surface area contributed by atoms with Crippen molar-refractivity contribution < 1.29 is 22.0 Å². The van der Waals surface area contributed by atoms with Crippen LogP contribution in [0.15, 0.2) is 68.3 Å². The number of nitrogens with one attached hydrogen (secondary N) is 1. The Morgan fingerprint density at radius 1 is 1.03 bits per heavy atom. The van der Waals surface area contributed by atoms with Crippen molar-refractivity contribution in [2.45, 2.75) is 18.2 Å². The van der Waals surface area contributed by atoms with Gasteiger partial charge in [0.15, 0.2) is 15.6 Å². The molecule has 9 heteroatoms. The van der Waals surface area contributed by atoms with E-state index in [1.54, 1.807) is 18.2 Å². The Labute approximate surface area is 166 Å². The van der Waals surface area contributed by atoms with Gasteiger partial charge in [-0.3, -0.25) is 10.1 Å². The monoisotopic (exact) mass is 411 g/mol. The molecule has 2 aromatic heterocycles. The van der Waals surface area contributed by atoms with Crippen molar-refractivity contribution >= 4 is 32.7 Å². The number of carbonyl (C=O) groups is 1. The Balaban J connectivity index is 1.39. The molecule has 29 heavy (non-hydrogen) atoms. The molecule has 4 rings (SSSR count). The molecule has 0 spiro atoms. The third-order valence-electron chi connectivity index (χ3n) is 4.29. The zero-order valence-corrected chi connectivity index (χ0v) is 16.3. The summed E-state index contributed by atoms with van der Waals surface area (Å²) in [5.41, 5.74) is 1.63. The molecular weight excluding hydrogens is 394 g/mol. The first-order valence-electron chi connectivity index (χ1n) is 8.82. The number of furan rings is 1. The molecule has 4 aromatic rings. The van der Waals surface area contributed by atoms with Crippen molar-refractivity contribution in [3.8, 4) is 11.7 Å². The van der Waals surface area contributed by atoms with Crippen molar-refractivity contribution in [3.05, 3.63) is 60.2 Å². The highest BCUT2D eigenvalue weighted by molar-refractivity contribution is 7.91. The van der Waals surface area contributed by atoms with Gasteiger partial charge in [0.2, 0.25) is 5.91 Å². The van der Waals surface area contributed by atoms with Crippen LogP contribution in [0.2, 0.25) is 0 Å². The van der Waals surface area contributed by atoms with Crippen LogP contribution in [-0.4, -0.2) is 30.3 Å². The predicted molar refractivity (Wildman–Crippen MR) is 106 cm³/mol. The van der Waals surface area contributed by atoms with Crippen molar-refractivity contribution in [1.29, 1.82) is 0 Å². The van der Waals surface area contributed by atoms with E-state index in [0.717, 1.165) is 10.9 Å². The summed E-state index contributed by atoms with van der Waals surface area (Å²) >= 11 is 0. The number of rotatable bonds is 6. The van der Waals surface area contributed by atoms with Crippen LogP contribution in [0.1, 0.15) is 12.0 Å². The van der Waals surface area contributed by atoms with E-state index in [2.05, 4.69) is 15.5 Å². The summed E-state index contributed by atoms with van der Waals surface area (Å²) < 4.78 is 35.7. The topological polar surface area (TPSA) is 115 Å². The first kappa shape index (κ1) is 18.9. The number of anilines is 1. The van der Waals surface area contributed by atoms with Gasteiger partial charge in [-0.1, -0.05) is 41.0 Å². The lowest BCUT2D eigenvalue weighted by Crippen LogP contribution is -2.17. The number of hydrogen-bond donors (Lipinski definition) is 1. The summed E-state index contributed by atoms with van der Waals surface area (Å²) in [6, 6.07) is 15.5. The number of aromatic nitrogens is 2. The Morgan fingerprint density at radius 3 is 2.55 bits per heavy atom. The molecule has 0 aliphatic rings. The molecule has 0 unspecified atom stereocenters. The van der Waals surface area contributed by atoms with Crippen LogP contribution in [0.5, 0.6) is 0 Å². The van der Waals surface area contributed by atoms with Gasteiger partial charge in [-0.25, -0.2) is 8.42 Å². The second-order valence-electron chi connectivity index (χ2n) is 6.49. The van der Waals surface area contributed by atoms with E-state index >= 15 is 0 Å². The highest BCUT2D eigenvalue weighted by Gasteiger charge is 2.19. The summed E-state index contributed by atoms with van der Waals surface area (Å²) in [6.07, 6.45) is -0.238. The van der Waals surface area contributed by atoms with E-state index in [4.69, 9.17) is 8.83 Å². The molecule has 0 saturated heterocycles. The molecule has 148 valence electrons. The van der Waals surface area contributed by atoms with E-state index in [-0.39, 0.29) is 29.0 Å². The average molecular weight is 411 g/mol. The molecule has 1 N–H and O–H groups in total. The minimum Gasteiger partial charge on any atom is -0.451 e. The molecule has 8 nitrogen and oxygen atoms in total. The number of carbonyl (C=O) groups excluding carboxylic acids is 1. The number of aryl methyl sites for hydroxylation is 1. The van der Waals surface area contributed by atoms with Crippen LogP contribution in [0.25, 0.3) is 22.6 Å². The van der Waals surface area contributed by atoms with Gasteiger partial charge in [0.05, 0.1) is 10.6 Å². The van der Waals surface area contributed by atoms with Crippen molar-refractivity contribution in [1.82, 2.24) is 10.2 Å². The van der Waals surface area contributed by atoms with Gasteiger partial charge in [0, 0.05) is 11.8 Å². The zero-order valence-electron chi connectivity index (χ0n) is 15.5. The third-order valence-corrected chi connectivity index (χ3v) is 6.02. The maximum absolute atomic E-state index is 12.3. The van der Waals surface area contributed by atoms with Crippen LogP contribution >= 0.6 is 0 Å². The molecule has 0 atom stereocenters. The zero-order chi connectivity index (χ0) is 20.4. The molecular formula is C20H17N3O5S. The second kappa shape index (κ2) is 7.51.